The maximum Gasteiger partial charge on any atom is 0.271 e. The predicted octanol–water partition coefficient (Wildman–Crippen LogP) is 3.61. The number of aryl methyl sites for hydroxylation is 1. The van der Waals surface area contributed by atoms with Crippen LogP contribution in [0.5, 0.6) is 11.5 Å². The minimum Gasteiger partial charge on any atom is -0.493 e. The molecule has 0 saturated carbocycles. The minimum absolute atomic E-state index is 0.272. The average Bonchev–Trinajstić information content (AvgIpc) is 3.54. The van der Waals surface area contributed by atoms with E-state index in [1.807, 2.05) is 25.1 Å². The van der Waals surface area contributed by atoms with Gasteiger partial charge in [0.1, 0.15) is 17.8 Å². The Morgan fingerprint density at radius 2 is 2.03 bits per heavy atom. The molecule has 4 aromatic rings. The lowest BCUT2D eigenvalue weighted by molar-refractivity contribution is 0.0946. The summed E-state index contributed by atoms with van der Waals surface area (Å²) in [7, 11) is 1.59. The fraction of sp³-hybridized carbons (Fsp3) is 0.292. The average molecular weight is 463 g/mol. The molecule has 34 heavy (non-hydrogen) atoms. The van der Waals surface area contributed by atoms with Gasteiger partial charge in [0, 0.05) is 30.9 Å². The van der Waals surface area contributed by atoms with Crippen molar-refractivity contribution >= 4 is 5.91 Å². The van der Waals surface area contributed by atoms with Crippen molar-refractivity contribution in [2.75, 3.05) is 13.7 Å². The highest BCUT2D eigenvalue weighted by Crippen LogP contribution is 2.28. The van der Waals surface area contributed by atoms with Gasteiger partial charge in [-0.3, -0.25) is 9.36 Å². The first kappa shape index (κ1) is 23.0. The third-order valence-electron chi connectivity index (χ3n) is 4.99. The van der Waals surface area contributed by atoms with Crippen LogP contribution < -0.4 is 14.8 Å². The summed E-state index contributed by atoms with van der Waals surface area (Å²) >= 11 is 0. The summed E-state index contributed by atoms with van der Waals surface area (Å²) in [6.07, 6.45) is 6.50. The number of ether oxygens (including phenoxy) is 2. The van der Waals surface area contributed by atoms with Crippen LogP contribution >= 0.6 is 0 Å². The quantitative estimate of drug-likeness (QED) is 0.380. The number of rotatable bonds is 10. The lowest BCUT2D eigenvalue weighted by Gasteiger charge is -2.11. The molecule has 0 aliphatic heterocycles. The van der Waals surface area contributed by atoms with E-state index in [9.17, 15) is 4.79 Å². The fourth-order valence-corrected chi connectivity index (χ4v) is 3.33. The molecule has 3 aromatic heterocycles. The van der Waals surface area contributed by atoms with Crippen LogP contribution in [0.1, 0.15) is 42.1 Å². The number of carbonyl (C=O) groups excluding carboxylic acids is 1. The van der Waals surface area contributed by atoms with E-state index < -0.39 is 0 Å². The van der Waals surface area contributed by atoms with Gasteiger partial charge in [-0.2, -0.15) is 4.98 Å². The highest BCUT2D eigenvalue weighted by Gasteiger charge is 2.14. The van der Waals surface area contributed by atoms with Gasteiger partial charge in [-0.15, -0.1) is 0 Å². The summed E-state index contributed by atoms with van der Waals surface area (Å²) in [6.45, 7) is 4.80. The van der Waals surface area contributed by atoms with E-state index in [1.165, 1.54) is 6.33 Å². The van der Waals surface area contributed by atoms with Crippen molar-refractivity contribution in [3.05, 3.63) is 66.1 Å². The molecule has 0 unspecified atom stereocenters. The Bertz CT molecular complexity index is 1270. The summed E-state index contributed by atoms with van der Waals surface area (Å²) in [5.41, 5.74) is 1.89. The highest BCUT2D eigenvalue weighted by molar-refractivity contribution is 5.92. The zero-order valence-electron chi connectivity index (χ0n) is 19.3. The Kier molecular flexibility index (Phi) is 7.16. The van der Waals surface area contributed by atoms with E-state index >= 15 is 0 Å². The van der Waals surface area contributed by atoms with Crippen LogP contribution in [0, 0.1) is 0 Å². The van der Waals surface area contributed by atoms with Crippen LogP contribution in [0.3, 0.4) is 0 Å². The number of nitrogens with one attached hydrogen (secondary N) is 1. The van der Waals surface area contributed by atoms with Crippen LogP contribution in [0.25, 0.3) is 17.3 Å². The monoisotopic (exact) mass is 462 g/mol. The number of methoxy groups -OCH3 is 1. The van der Waals surface area contributed by atoms with Crippen LogP contribution in [-0.4, -0.2) is 44.3 Å². The number of aromatic nitrogens is 5. The summed E-state index contributed by atoms with van der Waals surface area (Å²) in [5.74, 6) is 2.65. The number of pyridine rings is 1. The molecule has 10 heteroatoms. The zero-order chi connectivity index (χ0) is 23.9. The molecule has 3 heterocycles. The molecule has 0 radical (unpaired) electrons. The van der Waals surface area contributed by atoms with Gasteiger partial charge in [-0.1, -0.05) is 18.1 Å². The third-order valence-corrected chi connectivity index (χ3v) is 4.99. The second kappa shape index (κ2) is 10.6. The second-order valence-corrected chi connectivity index (χ2v) is 7.44. The molecule has 0 fully saturated rings. The van der Waals surface area contributed by atoms with Crippen molar-refractivity contribution in [2.45, 2.75) is 33.2 Å². The van der Waals surface area contributed by atoms with Gasteiger partial charge in [-0.25, -0.2) is 9.97 Å². The molecule has 0 aliphatic rings. The lowest BCUT2D eigenvalue weighted by Crippen LogP contribution is -2.23. The number of carbonyl (C=O) groups is 1. The Balaban J connectivity index is 1.44. The van der Waals surface area contributed by atoms with E-state index in [-0.39, 0.29) is 11.6 Å². The molecule has 0 saturated heterocycles. The van der Waals surface area contributed by atoms with Crippen LogP contribution in [0.4, 0.5) is 0 Å². The zero-order valence-corrected chi connectivity index (χ0v) is 19.3. The summed E-state index contributed by atoms with van der Waals surface area (Å²) in [5, 5.41) is 6.86. The second-order valence-electron chi connectivity index (χ2n) is 7.44. The van der Waals surface area contributed by atoms with Crippen LogP contribution in [-0.2, 0) is 13.0 Å². The first-order valence-corrected chi connectivity index (χ1v) is 11.0. The smallest absolute Gasteiger partial charge is 0.271 e. The molecule has 0 bridgehead atoms. The van der Waals surface area contributed by atoms with Crippen molar-refractivity contribution in [3.63, 3.8) is 0 Å². The van der Waals surface area contributed by atoms with Gasteiger partial charge in [0.25, 0.3) is 11.8 Å². The third kappa shape index (κ3) is 5.22. The molecule has 1 aromatic carbocycles. The van der Waals surface area contributed by atoms with Crippen molar-refractivity contribution in [1.82, 2.24) is 30.0 Å². The van der Waals surface area contributed by atoms with Gasteiger partial charge < -0.3 is 19.3 Å². The van der Waals surface area contributed by atoms with Crippen LogP contribution in [0.15, 0.2) is 53.6 Å². The number of hydrogen-bond donors (Lipinski definition) is 1. The van der Waals surface area contributed by atoms with E-state index in [1.54, 1.807) is 36.2 Å². The number of amides is 1. The Labute approximate surface area is 197 Å². The Morgan fingerprint density at radius 1 is 1.15 bits per heavy atom. The van der Waals surface area contributed by atoms with Gasteiger partial charge >= 0.3 is 0 Å². The molecule has 1 amide bonds. The molecular weight excluding hydrogens is 436 g/mol. The number of hydrogen-bond acceptors (Lipinski definition) is 8. The maximum absolute atomic E-state index is 12.7. The lowest BCUT2D eigenvalue weighted by atomic mass is 10.2. The largest absolute Gasteiger partial charge is 0.493 e. The summed E-state index contributed by atoms with van der Waals surface area (Å²) in [6, 6.07) is 9.13. The van der Waals surface area contributed by atoms with Gasteiger partial charge in [0.2, 0.25) is 0 Å². The number of imidazole rings is 1. The normalized spacial score (nSPS) is 10.8. The molecule has 0 spiro atoms. The van der Waals surface area contributed by atoms with Crippen molar-refractivity contribution < 1.29 is 18.8 Å². The topological polar surface area (TPSA) is 117 Å². The van der Waals surface area contributed by atoms with Crippen molar-refractivity contribution in [1.29, 1.82) is 0 Å². The van der Waals surface area contributed by atoms with E-state index in [4.69, 9.17) is 14.0 Å². The molecule has 176 valence electrons. The van der Waals surface area contributed by atoms with Gasteiger partial charge in [0.05, 0.1) is 13.7 Å². The number of nitrogens with zero attached hydrogens (tertiary/aromatic N) is 5. The number of benzene rings is 1. The molecular formula is C24H26N6O4. The Morgan fingerprint density at radius 3 is 2.82 bits per heavy atom. The van der Waals surface area contributed by atoms with E-state index in [2.05, 4.69) is 32.3 Å². The Hall–Kier alpha value is -4.21. The first-order chi connectivity index (χ1) is 16.6. The predicted molar refractivity (Wildman–Crippen MR) is 124 cm³/mol. The summed E-state index contributed by atoms with van der Waals surface area (Å²) < 4.78 is 17.9. The van der Waals surface area contributed by atoms with E-state index in [0.29, 0.717) is 42.2 Å². The minimum atomic E-state index is -0.301. The standard InChI is InChI=1S/C24H26N6O4/c1-4-6-21-28-24(34-29-21)17-9-10-25-22(12-17)30-14-18(27-15-30)23(31)26-13-16-7-8-19(32-3)20(11-16)33-5-2/h7-12,14-15H,4-6,13H2,1-3H3,(H,26,31). The maximum atomic E-state index is 12.7. The first-order valence-electron chi connectivity index (χ1n) is 11.0. The van der Waals surface area contributed by atoms with Gasteiger partial charge in [0.15, 0.2) is 17.3 Å². The van der Waals surface area contributed by atoms with Gasteiger partial charge in [-0.05, 0) is 43.2 Å². The van der Waals surface area contributed by atoms with E-state index in [0.717, 1.165) is 24.0 Å². The molecule has 0 atom stereocenters. The molecule has 1 N–H and O–H groups in total. The van der Waals surface area contributed by atoms with Crippen molar-refractivity contribution in [2.24, 2.45) is 0 Å². The fourth-order valence-electron chi connectivity index (χ4n) is 3.33. The SMILES string of the molecule is CCCc1noc(-c2ccnc(-n3cnc(C(=O)NCc4ccc(OC)c(OCC)c4)c3)c2)n1. The molecule has 10 nitrogen and oxygen atoms in total. The molecule has 4 rings (SSSR count). The van der Waals surface area contributed by atoms with Crippen molar-refractivity contribution in [3.8, 4) is 28.8 Å². The highest BCUT2D eigenvalue weighted by atomic mass is 16.5. The summed E-state index contributed by atoms with van der Waals surface area (Å²) in [4.78, 5) is 25.6. The van der Waals surface area contributed by atoms with Crippen LogP contribution in [0.2, 0.25) is 0 Å². The molecule has 0 aliphatic carbocycles.